The molecule has 1 saturated heterocycles. The van der Waals surface area contributed by atoms with E-state index in [9.17, 15) is 18.0 Å². The first-order valence-electron chi connectivity index (χ1n) is 7.10. The summed E-state index contributed by atoms with van der Waals surface area (Å²) >= 11 is 0. The number of anilines is 1. The molecule has 0 radical (unpaired) electrons. The molecule has 3 rings (SSSR count). The van der Waals surface area contributed by atoms with Gasteiger partial charge in [0.2, 0.25) is 0 Å². The molecule has 2 N–H and O–H groups in total. The summed E-state index contributed by atoms with van der Waals surface area (Å²) < 4.78 is 45.5. The topological polar surface area (TPSA) is 66.0 Å². The van der Waals surface area contributed by atoms with Crippen LogP contribution >= 0.6 is 0 Å². The van der Waals surface area contributed by atoms with Gasteiger partial charge in [0.1, 0.15) is 0 Å². The predicted octanol–water partition coefficient (Wildman–Crippen LogP) is 0.923. The fourth-order valence-corrected chi connectivity index (χ4v) is 2.52. The zero-order chi connectivity index (χ0) is 16.4. The van der Waals surface area contributed by atoms with E-state index in [1.807, 2.05) is 0 Å². The van der Waals surface area contributed by atoms with Gasteiger partial charge in [-0.25, -0.2) is 5.43 Å². The number of nitrogens with zero attached hydrogens (tertiary/aromatic N) is 2. The fourth-order valence-electron chi connectivity index (χ4n) is 2.52. The standard InChI is InChI=1S/C14H15F3N4O2/c15-14(16,17)10-7-9(13-18-8-12(22)19-20-13)1-2-11(10)21-3-5-23-6-4-21/h1-2,7H,3-6,8H2,(H,18,20)(H,19,22). The van der Waals surface area contributed by atoms with Crippen molar-refractivity contribution in [3.05, 3.63) is 29.3 Å². The summed E-state index contributed by atoms with van der Waals surface area (Å²) in [5, 5.41) is 6.45. The molecule has 1 fully saturated rings. The van der Waals surface area contributed by atoms with Crippen LogP contribution in [0.25, 0.3) is 0 Å². The first-order valence-corrected chi connectivity index (χ1v) is 7.10. The number of hydrazone groups is 1. The SMILES string of the molecule is O=C1CNC(c2ccc(N3CCOCC3)c(C(F)(F)F)c2)=NN1. The number of rotatable bonds is 2. The van der Waals surface area contributed by atoms with Gasteiger partial charge in [-0.05, 0) is 18.2 Å². The summed E-state index contributed by atoms with van der Waals surface area (Å²) in [6, 6.07) is 4.04. The van der Waals surface area contributed by atoms with E-state index in [2.05, 4.69) is 15.8 Å². The number of carbonyl (C=O) groups excluding carboxylic acids is 1. The molecule has 0 spiro atoms. The quantitative estimate of drug-likeness (QED) is 0.847. The van der Waals surface area contributed by atoms with Crippen molar-refractivity contribution in [2.75, 3.05) is 37.7 Å². The van der Waals surface area contributed by atoms with E-state index in [0.717, 1.165) is 6.07 Å². The molecule has 2 heterocycles. The van der Waals surface area contributed by atoms with Crippen molar-refractivity contribution in [3.8, 4) is 0 Å². The number of carbonyl (C=O) groups is 1. The van der Waals surface area contributed by atoms with E-state index >= 15 is 0 Å². The van der Waals surface area contributed by atoms with Crippen LogP contribution in [-0.2, 0) is 15.7 Å². The van der Waals surface area contributed by atoms with Crippen molar-refractivity contribution in [1.29, 1.82) is 0 Å². The number of halogens is 3. The number of morpholine rings is 1. The molecule has 0 unspecified atom stereocenters. The minimum atomic E-state index is -4.48. The number of hydrogen-bond acceptors (Lipinski definition) is 5. The highest BCUT2D eigenvalue weighted by Crippen LogP contribution is 2.37. The molecule has 6 nitrogen and oxygen atoms in total. The third-order valence-electron chi connectivity index (χ3n) is 3.64. The van der Waals surface area contributed by atoms with Crippen LogP contribution in [0.4, 0.5) is 18.9 Å². The molecule has 0 saturated carbocycles. The van der Waals surface area contributed by atoms with Gasteiger partial charge in [0.05, 0.1) is 25.3 Å². The first-order chi connectivity index (χ1) is 10.9. The lowest BCUT2D eigenvalue weighted by Crippen LogP contribution is -2.42. The Hall–Kier alpha value is -2.29. The summed E-state index contributed by atoms with van der Waals surface area (Å²) in [6.07, 6.45) is -4.48. The Bertz CT molecular complexity index is 639. The maximum atomic E-state index is 13.4. The van der Waals surface area contributed by atoms with Gasteiger partial charge in [0.15, 0.2) is 5.84 Å². The molecule has 1 aromatic carbocycles. The normalized spacial score (nSPS) is 19.0. The highest BCUT2D eigenvalue weighted by atomic mass is 19.4. The van der Waals surface area contributed by atoms with Gasteiger partial charge in [-0.2, -0.15) is 18.3 Å². The van der Waals surface area contributed by atoms with Crippen molar-refractivity contribution in [2.24, 2.45) is 5.10 Å². The largest absolute Gasteiger partial charge is 0.418 e. The first kappa shape index (κ1) is 15.6. The lowest BCUT2D eigenvalue weighted by Gasteiger charge is -2.31. The van der Waals surface area contributed by atoms with Gasteiger partial charge < -0.3 is 15.0 Å². The van der Waals surface area contributed by atoms with Crippen molar-refractivity contribution in [2.45, 2.75) is 6.18 Å². The van der Waals surface area contributed by atoms with Gasteiger partial charge in [-0.15, -0.1) is 0 Å². The Kier molecular flexibility index (Phi) is 4.12. The van der Waals surface area contributed by atoms with Crippen LogP contribution in [0.1, 0.15) is 11.1 Å². The molecular weight excluding hydrogens is 313 g/mol. The van der Waals surface area contributed by atoms with Crippen molar-refractivity contribution < 1.29 is 22.7 Å². The zero-order valence-electron chi connectivity index (χ0n) is 12.1. The summed E-state index contributed by atoms with van der Waals surface area (Å²) in [5.41, 5.74) is 1.92. The number of ether oxygens (including phenoxy) is 1. The Morgan fingerprint density at radius 1 is 1.22 bits per heavy atom. The number of amides is 1. The van der Waals surface area contributed by atoms with Gasteiger partial charge in [0, 0.05) is 24.3 Å². The second-order valence-electron chi connectivity index (χ2n) is 5.18. The molecule has 1 amide bonds. The minimum Gasteiger partial charge on any atom is -0.378 e. The summed E-state index contributed by atoms with van der Waals surface area (Å²) in [5.74, 6) is -0.127. The van der Waals surface area contributed by atoms with Crippen LogP contribution < -0.4 is 15.6 Å². The monoisotopic (exact) mass is 328 g/mol. The van der Waals surface area contributed by atoms with Crippen molar-refractivity contribution >= 4 is 17.4 Å². The Morgan fingerprint density at radius 2 is 1.96 bits per heavy atom. The van der Waals surface area contributed by atoms with Crippen molar-refractivity contribution in [1.82, 2.24) is 10.7 Å². The van der Waals surface area contributed by atoms with E-state index in [4.69, 9.17) is 4.74 Å². The summed E-state index contributed by atoms with van der Waals surface area (Å²) in [6.45, 7) is 1.61. The van der Waals surface area contributed by atoms with Gasteiger partial charge >= 0.3 is 6.18 Å². The van der Waals surface area contributed by atoms with Crippen LogP contribution in [-0.4, -0.2) is 44.6 Å². The summed E-state index contributed by atoms with van der Waals surface area (Å²) in [4.78, 5) is 12.7. The molecule has 23 heavy (non-hydrogen) atoms. The van der Waals surface area contributed by atoms with E-state index in [0.29, 0.717) is 26.3 Å². The molecule has 1 aromatic rings. The third-order valence-corrected chi connectivity index (χ3v) is 3.64. The van der Waals surface area contributed by atoms with Crippen LogP contribution in [0.2, 0.25) is 0 Å². The molecule has 0 atom stereocenters. The third kappa shape index (κ3) is 3.39. The van der Waals surface area contributed by atoms with Crippen LogP contribution in [0.5, 0.6) is 0 Å². The average molecular weight is 328 g/mol. The molecule has 9 heteroatoms. The number of benzene rings is 1. The molecule has 0 aliphatic carbocycles. The van der Waals surface area contributed by atoms with Crippen LogP contribution in [0.3, 0.4) is 0 Å². The van der Waals surface area contributed by atoms with Gasteiger partial charge in [-0.1, -0.05) is 0 Å². The number of alkyl halides is 3. The van der Waals surface area contributed by atoms with Gasteiger partial charge in [-0.3, -0.25) is 4.79 Å². The summed E-state index contributed by atoms with van der Waals surface area (Å²) in [7, 11) is 0. The molecule has 2 aliphatic rings. The van der Waals surface area contributed by atoms with Crippen molar-refractivity contribution in [3.63, 3.8) is 0 Å². The molecule has 0 bridgehead atoms. The van der Waals surface area contributed by atoms with Crippen LogP contribution in [0.15, 0.2) is 23.3 Å². The zero-order valence-corrected chi connectivity index (χ0v) is 12.1. The smallest absolute Gasteiger partial charge is 0.378 e. The van der Waals surface area contributed by atoms with E-state index in [1.165, 1.54) is 6.07 Å². The minimum absolute atomic E-state index is 0.0224. The van der Waals surface area contributed by atoms with Gasteiger partial charge in [0.25, 0.3) is 5.91 Å². The molecule has 2 aliphatic heterocycles. The lowest BCUT2D eigenvalue weighted by molar-refractivity contribution is -0.137. The Morgan fingerprint density at radius 3 is 2.57 bits per heavy atom. The highest BCUT2D eigenvalue weighted by molar-refractivity contribution is 6.03. The lowest BCUT2D eigenvalue weighted by atomic mass is 10.1. The Balaban J connectivity index is 1.97. The predicted molar refractivity (Wildman–Crippen MR) is 77.2 cm³/mol. The number of nitrogens with one attached hydrogen (secondary N) is 2. The molecular formula is C14H15F3N4O2. The second-order valence-corrected chi connectivity index (χ2v) is 5.18. The Labute approximate surface area is 130 Å². The fraction of sp³-hybridized carbons (Fsp3) is 0.429. The molecule has 0 aromatic heterocycles. The van der Waals surface area contributed by atoms with E-state index in [1.54, 1.807) is 11.0 Å². The second kappa shape index (κ2) is 6.07. The van der Waals surface area contributed by atoms with E-state index in [-0.39, 0.29) is 29.5 Å². The number of hydrogen-bond donors (Lipinski definition) is 2. The van der Waals surface area contributed by atoms with E-state index < -0.39 is 11.7 Å². The van der Waals surface area contributed by atoms with Crippen LogP contribution in [0, 0.1) is 0 Å². The maximum Gasteiger partial charge on any atom is 0.418 e. The maximum absolute atomic E-state index is 13.4. The highest BCUT2D eigenvalue weighted by Gasteiger charge is 2.36. The molecule has 124 valence electrons. The number of amidine groups is 1. The average Bonchev–Trinajstić information content (AvgIpc) is 2.55.